The van der Waals surface area contributed by atoms with Gasteiger partial charge in [0.05, 0.1) is 4.21 Å². The lowest BCUT2D eigenvalue weighted by atomic mass is 10.2. The van der Waals surface area contributed by atoms with E-state index in [1.54, 1.807) is 0 Å². The molecule has 0 fully saturated rings. The van der Waals surface area contributed by atoms with E-state index in [0.717, 1.165) is 11.5 Å². The van der Waals surface area contributed by atoms with Gasteiger partial charge in [-0.3, -0.25) is 0 Å². The van der Waals surface area contributed by atoms with Crippen LogP contribution in [0.4, 0.5) is 0 Å². The van der Waals surface area contributed by atoms with Gasteiger partial charge in [-0.05, 0) is 29.2 Å². The number of hydrogen-bond acceptors (Lipinski definition) is 3. The molecule has 1 aromatic rings. The van der Waals surface area contributed by atoms with Crippen molar-refractivity contribution in [2.75, 3.05) is 11.5 Å². The molecule has 0 saturated heterocycles. The van der Waals surface area contributed by atoms with Gasteiger partial charge in [0.25, 0.3) is 0 Å². The molecule has 0 amide bonds. The smallest absolute Gasteiger partial charge is 0.0630 e. The molecule has 0 saturated carbocycles. The number of rotatable bonds is 5. The first-order chi connectivity index (χ1) is 5.88. The molecule has 3 heteroatoms. The number of aryl methyl sites for hydroxylation is 1. The van der Waals surface area contributed by atoms with E-state index in [-0.39, 0.29) is 0 Å². The summed E-state index contributed by atoms with van der Waals surface area (Å²) in [7, 11) is 0. The molecule has 0 aliphatic heterocycles. The van der Waals surface area contributed by atoms with Gasteiger partial charge >= 0.3 is 0 Å². The van der Waals surface area contributed by atoms with E-state index >= 15 is 0 Å². The Kier molecular flexibility index (Phi) is 5.19. The average molecular weight is 218 g/mol. The Morgan fingerprint density at radius 1 is 1.58 bits per heavy atom. The summed E-state index contributed by atoms with van der Waals surface area (Å²) in [5, 5.41) is 2.19. The van der Waals surface area contributed by atoms with Crippen LogP contribution in [-0.2, 0) is 6.42 Å². The summed E-state index contributed by atoms with van der Waals surface area (Å²) in [5.74, 6) is 2.09. The second-order valence-electron chi connectivity index (χ2n) is 2.56. The molecule has 0 spiro atoms. The van der Waals surface area contributed by atoms with Crippen molar-refractivity contribution in [2.24, 2.45) is 0 Å². The summed E-state index contributed by atoms with van der Waals surface area (Å²) >= 11 is 8.00. The van der Waals surface area contributed by atoms with Crippen molar-refractivity contribution >= 4 is 35.7 Å². The zero-order valence-corrected chi connectivity index (χ0v) is 9.77. The van der Waals surface area contributed by atoms with Gasteiger partial charge < -0.3 is 0 Å². The monoisotopic (exact) mass is 218 g/mol. The van der Waals surface area contributed by atoms with Crippen LogP contribution >= 0.6 is 35.7 Å². The van der Waals surface area contributed by atoms with E-state index in [9.17, 15) is 0 Å². The summed E-state index contributed by atoms with van der Waals surface area (Å²) in [6.07, 6.45) is 2.46. The highest BCUT2D eigenvalue weighted by Gasteiger charge is 2.02. The summed E-state index contributed by atoms with van der Waals surface area (Å²) in [6.45, 7) is 2.23. The maximum Gasteiger partial charge on any atom is 0.0630 e. The molecule has 1 rings (SSSR count). The highest BCUT2D eigenvalue weighted by Crippen LogP contribution is 2.29. The largest absolute Gasteiger partial charge is 0.178 e. The third-order valence-electron chi connectivity index (χ3n) is 1.55. The maximum absolute atomic E-state index is 4.20. The van der Waals surface area contributed by atoms with Gasteiger partial charge in [0, 0.05) is 5.75 Å². The zero-order chi connectivity index (χ0) is 8.81. The summed E-state index contributed by atoms with van der Waals surface area (Å²) in [6, 6.07) is 2.25. The van der Waals surface area contributed by atoms with Crippen molar-refractivity contribution < 1.29 is 0 Å². The Hall–Kier alpha value is 0.400. The predicted molar refractivity (Wildman–Crippen MR) is 62.9 cm³/mol. The topological polar surface area (TPSA) is 0 Å². The molecule has 68 valence electrons. The van der Waals surface area contributed by atoms with Crippen LogP contribution in [-0.4, -0.2) is 11.5 Å². The molecule has 0 bridgehead atoms. The average Bonchev–Trinajstić information content (AvgIpc) is 2.50. The van der Waals surface area contributed by atoms with Gasteiger partial charge in [-0.2, -0.15) is 12.6 Å². The van der Waals surface area contributed by atoms with E-state index in [1.165, 1.54) is 22.6 Å². The molecule has 0 aliphatic carbocycles. The fourth-order valence-electron chi connectivity index (χ4n) is 1.04. The van der Waals surface area contributed by atoms with Gasteiger partial charge in [-0.15, -0.1) is 23.1 Å². The van der Waals surface area contributed by atoms with Crippen LogP contribution in [0.1, 0.15) is 18.9 Å². The second kappa shape index (κ2) is 5.95. The Balaban J connectivity index is 2.51. The minimum atomic E-state index is 0.966. The van der Waals surface area contributed by atoms with Gasteiger partial charge in [0.15, 0.2) is 0 Å². The molecule has 0 aromatic carbocycles. The SMILES string of the molecule is CCCc1ccsc1SCCS. The number of hydrogen-bond donors (Lipinski definition) is 1. The molecule has 0 nitrogen and oxygen atoms in total. The van der Waals surface area contributed by atoms with Gasteiger partial charge in [0.2, 0.25) is 0 Å². The molecule has 12 heavy (non-hydrogen) atoms. The summed E-state index contributed by atoms with van der Waals surface area (Å²) in [4.78, 5) is 0. The first kappa shape index (κ1) is 10.5. The third-order valence-corrected chi connectivity index (χ3v) is 4.40. The molecule has 0 unspecified atom stereocenters. The lowest BCUT2D eigenvalue weighted by molar-refractivity contribution is 0.912. The third kappa shape index (κ3) is 3.04. The van der Waals surface area contributed by atoms with Gasteiger partial charge in [-0.1, -0.05) is 13.3 Å². The first-order valence-electron chi connectivity index (χ1n) is 4.18. The first-order valence-corrected chi connectivity index (χ1v) is 6.68. The lowest BCUT2D eigenvalue weighted by Crippen LogP contribution is -1.83. The Morgan fingerprint density at radius 3 is 3.08 bits per heavy atom. The van der Waals surface area contributed by atoms with Crippen molar-refractivity contribution in [1.82, 2.24) is 0 Å². The zero-order valence-electron chi connectivity index (χ0n) is 7.25. The standard InChI is InChI=1S/C9H14S3/c1-2-3-8-4-6-11-9(8)12-7-5-10/h4,6,10H,2-3,5,7H2,1H3. The van der Waals surface area contributed by atoms with Crippen molar-refractivity contribution in [3.8, 4) is 0 Å². The minimum absolute atomic E-state index is 0.966. The van der Waals surface area contributed by atoms with E-state index in [1.807, 2.05) is 23.1 Å². The van der Waals surface area contributed by atoms with Crippen LogP contribution in [0.2, 0.25) is 0 Å². The quantitative estimate of drug-likeness (QED) is 0.580. The van der Waals surface area contributed by atoms with E-state index in [0.29, 0.717) is 0 Å². The molecule has 0 radical (unpaired) electrons. The fraction of sp³-hybridized carbons (Fsp3) is 0.556. The van der Waals surface area contributed by atoms with Crippen molar-refractivity contribution in [2.45, 2.75) is 24.0 Å². The van der Waals surface area contributed by atoms with E-state index < -0.39 is 0 Å². The molecule has 1 aromatic heterocycles. The Bertz CT molecular complexity index is 217. The van der Waals surface area contributed by atoms with Crippen molar-refractivity contribution in [1.29, 1.82) is 0 Å². The van der Waals surface area contributed by atoms with Gasteiger partial charge in [0.1, 0.15) is 0 Å². The normalized spacial score (nSPS) is 10.5. The molecule has 1 heterocycles. The van der Waals surface area contributed by atoms with Crippen molar-refractivity contribution in [3.05, 3.63) is 17.0 Å². The lowest BCUT2D eigenvalue weighted by Gasteiger charge is -1.99. The van der Waals surface area contributed by atoms with Crippen LogP contribution in [0.3, 0.4) is 0 Å². The predicted octanol–water partition coefficient (Wildman–Crippen LogP) is 3.72. The van der Waals surface area contributed by atoms with E-state index in [2.05, 4.69) is 31.0 Å². The number of thiol groups is 1. The molecule has 0 N–H and O–H groups in total. The summed E-state index contributed by atoms with van der Waals surface area (Å²) < 4.78 is 1.49. The Morgan fingerprint density at radius 2 is 2.42 bits per heavy atom. The molecular formula is C9H14S3. The number of thiophene rings is 1. The van der Waals surface area contributed by atoms with Crippen LogP contribution < -0.4 is 0 Å². The van der Waals surface area contributed by atoms with Gasteiger partial charge in [-0.25, -0.2) is 0 Å². The van der Waals surface area contributed by atoms with Crippen molar-refractivity contribution in [3.63, 3.8) is 0 Å². The fourth-order valence-corrected chi connectivity index (χ4v) is 3.31. The minimum Gasteiger partial charge on any atom is -0.178 e. The van der Waals surface area contributed by atoms with Crippen LogP contribution in [0.25, 0.3) is 0 Å². The molecule has 0 atom stereocenters. The second-order valence-corrected chi connectivity index (χ2v) is 5.28. The van der Waals surface area contributed by atoms with Crippen LogP contribution in [0, 0.1) is 0 Å². The van der Waals surface area contributed by atoms with E-state index in [4.69, 9.17) is 0 Å². The highest BCUT2D eigenvalue weighted by atomic mass is 32.2. The molecular weight excluding hydrogens is 204 g/mol. The van der Waals surface area contributed by atoms with Crippen LogP contribution in [0.15, 0.2) is 15.7 Å². The summed E-state index contributed by atoms with van der Waals surface area (Å²) in [5.41, 5.74) is 1.52. The number of thioether (sulfide) groups is 1. The van der Waals surface area contributed by atoms with Crippen LogP contribution in [0.5, 0.6) is 0 Å². The highest BCUT2D eigenvalue weighted by molar-refractivity contribution is 8.01. The Labute approximate surface area is 88.2 Å². The maximum atomic E-state index is 4.20. The molecule has 0 aliphatic rings.